The summed E-state index contributed by atoms with van der Waals surface area (Å²) in [6, 6.07) is 6.93. The zero-order valence-electron chi connectivity index (χ0n) is 11.2. The van der Waals surface area contributed by atoms with Crippen LogP contribution in [0.15, 0.2) is 24.3 Å². The van der Waals surface area contributed by atoms with E-state index in [0.29, 0.717) is 12.3 Å². The van der Waals surface area contributed by atoms with E-state index in [1.165, 1.54) is 11.8 Å². The third-order valence-corrected chi connectivity index (χ3v) is 4.64. The van der Waals surface area contributed by atoms with Crippen molar-refractivity contribution >= 4 is 35.2 Å². The van der Waals surface area contributed by atoms with E-state index in [1.807, 2.05) is 24.3 Å². The third kappa shape index (κ3) is 3.02. The van der Waals surface area contributed by atoms with Crippen molar-refractivity contribution in [2.75, 3.05) is 11.2 Å². The molecule has 0 spiro atoms. The van der Waals surface area contributed by atoms with Crippen molar-refractivity contribution < 1.29 is 14.4 Å². The molecule has 110 valence electrons. The van der Waals surface area contributed by atoms with Gasteiger partial charge in [0, 0.05) is 18.5 Å². The third-order valence-electron chi connectivity index (χ3n) is 3.55. The van der Waals surface area contributed by atoms with E-state index in [2.05, 4.69) is 16.0 Å². The number of rotatable bonds is 3. The molecule has 2 aliphatic heterocycles. The van der Waals surface area contributed by atoms with Gasteiger partial charge in [-0.1, -0.05) is 18.2 Å². The van der Waals surface area contributed by atoms with Crippen molar-refractivity contribution in [2.45, 2.75) is 24.1 Å². The molecule has 3 N–H and O–H groups in total. The van der Waals surface area contributed by atoms with Crippen LogP contribution in [0.4, 0.5) is 5.69 Å². The van der Waals surface area contributed by atoms with Gasteiger partial charge < -0.3 is 16.0 Å². The highest BCUT2D eigenvalue weighted by atomic mass is 32.2. The highest BCUT2D eigenvalue weighted by Gasteiger charge is 2.31. The SMILES string of the molecule is O=C(CC1SCNC1=O)NC1Cc2ccccc2NC1=O. The lowest BCUT2D eigenvalue weighted by Gasteiger charge is -2.25. The molecule has 0 radical (unpaired) electrons. The molecule has 2 atom stereocenters. The maximum Gasteiger partial charge on any atom is 0.247 e. The second-order valence-electron chi connectivity index (χ2n) is 5.02. The second kappa shape index (κ2) is 5.77. The van der Waals surface area contributed by atoms with Gasteiger partial charge in [0.05, 0.1) is 11.1 Å². The van der Waals surface area contributed by atoms with Gasteiger partial charge in [0.15, 0.2) is 0 Å². The number of benzene rings is 1. The van der Waals surface area contributed by atoms with Gasteiger partial charge in [-0.05, 0) is 11.6 Å². The van der Waals surface area contributed by atoms with Crippen LogP contribution in [0, 0.1) is 0 Å². The van der Waals surface area contributed by atoms with Crippen LogP contribution >= 0.6 is 11.8 Å². The summed E-state index contributed by atoms with van der Waals surface area (Å²) in [6.07, 6.45) is 0.569. The standard InChI is InChI=1S/C14H15N3O3S/c18-12(6-11-14(20)15-7-21-11)16-10-5-8-3-1-2-4-9(8)17-13(10)19/h1-4,10-11H,5-7H2,(H,15,20)(H,16,18)(H,17,19). The van der Waals surface area contributed by atoms with E-state index in [-0.39, 0.29) is 29.4 Å². The number of carbonyl (C=O) groups excluding carboxylic acids is 3. The second-order valence-corrected chi connectivity index (χ2v) is 6.21. The summed E-state index contributed by atoms with van der Waals surface area (Å²) >= 11 is 1.41. The summed E-state index contributed by atoms with van der Waals surface area (Å²) in [6.45, 7) is 0. The molecule has 21 heavy (non-hydrogen) atoms. The van der Waals surface area contributed by atoms with E-state index in [4.69, 9.17) is 0 Å². The minimum Gasteiger partial charge on any atom is -0.346 e. The van der Waals surface area contributed by atoms with Crippen LogP contribution in [0.25, 0.3) is 0 Å². The first-order valence-electron chi connectivity index (χ1n) is 6.71. The van der Waals surface area contributed by atoms with Gasteiger partial charge in [-0.15, -0.1) is 11.8 Å². The molecule has 0 aromatic heterocycles. The molecular formula is C14H15N3O3S. The van der Waals surface area contributed by atoms with E-state index in [0.717, 1.165) is 11.3 Å². The molecule has 0 aliphatic carbocycles. The molecule has 2 unspecified atom stereocenters. The van der Waals surface area contributed by atoms with Crippen molar-refractivity contribution in [1.82, 2.24) is 10.6 Å². The first kappa shape index (κ1) is 13.9. The lowest BCUT2D eigenvalue weighted by molar-refractivity contribution is -0.128. The zero-order valence-corrected chi connectivity index (χ0v) is 12.0. The predicted molar refractivity (Wildman–Crippen MR) is 79.7 cm³/mol. The van der Waals surface area contributed by atoms with Crippen LogP contribution in [-0.4, -0.2) is 34.9 Å². The molecule has 2 heterocycles. The normalized spacial score (nSPS) is 24.0. The number of nitrogens with one attached hydrogen (secondary N) is 3. The van der Waals surface area contributed by atoms with Crippen molar-refractivity contribution in [3.05, 3.63) is 29.8 Å². The topological polar surface area (TPSA) is 87.3 Å². The first-order chi connectivity index (χ1) is 10.1. The average molecular weight is 305 g/mol. The largest absolute Gasteiger partial charge is 0.346 e. The summed E-state index contributed by atoms with van der Waals surface area (Å²) < 4.78 is 0. The summed E-state index contributed by atoms with van der Waals surface area (Å²) in [5.41, 5.74) is 1.79. The molecule has 0 saturated carbocycles. The number of hydrogen-bond donors (Lipinski definition) is 3. The smallest absolute Gasteiger partial charge is 0.247 e. The maximum absolute atomic E-state index is 12.0. The van der Waals surface area contributed by atoms with Gasteiger partial charge in [0.25, 0.3) is 0 Å². The van der Waals surface area contributed by atoms with Gasteiger partial charge in [-0.3, -0.25) is 14.4 Å². The van der Waals surface area contributed by atoms with E-state index in [9.17, 15) is 14.4 Å². The quantitative estimate of drug-likeness (QED) is 0.747. The van der Waals surface area contributed by atoms with Gasteiger partial charge >= 0.3 is 0 Å². The Morgan fingerprint density at radius 3 is 2.86 bits per heavy atom. The zero-order chi connectivity index (χ0) is 14.8. The fourth-order valence-electron chi connectivity index (χ4n) is 2.45. The number of thioether (sulfide) groups is 1. The van der Waals surface area contributed by atoms with Gasteiger partial charge in [-0.2, -0.15) is 0 Å². The van der Waals surface area contributed by atoms with E-state index in [1.54, 1.807) is 0 Å². The fraction of sp³-hybridized carbons (Fsp3) is 0.357. The molecule has 1 aromatic rings. The van der Waals surface area contributed by atoms with Crippen molar-refractivity contribution in [3.8, 4) is 0 Å². The van der Waals surface area contributed by atoms with Crippen LogP contribution in [0.3, 0.4) is 0 Å². The summed E-state index contributed by atoms with van der Waals surface area (Å²) in [5.74, 6) is -0.0723. The Kier molecular flexibility index (Phi) is 3.83. The molecule has 3 amide bonds. The molecule has 1 aromatic carbocycles. The summed E-state index contributed by atoms with van der Waals surface area (Å²) in [4.78, 5) is 35.4. The molecule has 6 nitrogen and oxygen atoms in total. The Morgan fingerprint density at radius 1 is 1.29 bits per heavy atom. The van der Waals surface area contributed by atoms with Gasteiger partial charge in [-0.25, -0.2) is 0 Å². The highest BCUT2D eigenvalue weighted by molar-refractivity contribution is 8.01. The average Bonchev–Trinajstić information content (AvgIpc) is 2.85. The molecule has 0 bridgehead atoms. The lowest BCUT2D eigenvalue weighted by atomic mass is 9.99. The van der Waals surface area contributed by atoms with Gasteiger partial charge in [0.1, 0.15) is 6.04 Å². The van der Waals surface area contributed by atoms with Crippen LogP contribution < -0.4 is 16.0 Å². The molecule has 7 heteroatoms. The predicted octanol–water partition coefficient (Wildman–Crippen LogP) is 0.245. The van der Waals surface area contributed by atoms with Crippen LogP contribution in [-0.2, 0) is 20.8 Å². The number of para-hydroxylation sites is 1. The summed E-state index contributed by atoms with van der Waals surface area (Å²) in [5, 5.41) is 7.80. The molecule has 1 saturated heterocycles. The first-order valence-corrected chi connectivity index (χ1v) is 7.76. The highest BCUT2D eigenvalue weighted by Crippen LogP contribution is 2.23. The van der Waals surface area contributed by atoms with Crippen molar-refractivity contribution in [2.24, 2.45) is 0 Å². The molecule has 2 aliphatic rings. The van der Waals surface area contributed by atoms with E-state index < -0.39 is 6.04 Å². The molecular weight excluding hydrogens is 290 g/mol. The molecule has 1 fully saturated rings. The van der Waals surface area contributed by atoms with Crippen LogP contribution in [0.5, 0.6) is 0 Å². The summed E-state index contributed by atoms with van der Waals surface area (Å²) in [7, 11) is 0. The fourth-order valence-corrected chi connectivity index (χ4v) is 3.38. The number of carbonyl (C=O) groups is 3. The number of anilines is 1. The van der Waals surface area contributed by atoms with Crippen LogP contribution in [0.1, 0.15) is 12.0 Å². The Labute approximate surface area is 126 Å². The van der Waals surface area contributed by atoms with Crippen LogP contribution in [0.2, 0.25) is 0 Å². The molecule has 3 rings (SSSR count). The van der Waals surface area contributed by atoms with E-state index >= 15 is 0 Å². The monoisotopic (exact) mass is 305 g/mol. The Morgan fingerprint density at radius 2 is 2.10 bits per heavy atom. The number of fused-ring (bicyclic) bond motifs is 1. The Bertz CT molecular complexity index is 605. The Hall–Kier alpha value is -2.02. The van der Waals surface area contributed by atoms with Gasteiger partial charge in [0.2, 0.25) is 17.7 Å². The van der Waals surface area contributed by atoms with Crippen molar-refractivity contribution in [1.29, 1.82) is 0 Å². The lowest BCUT2D eigenvalue weighted by Crippen LogP contribution is -2.48. The maximum atomic E-state index is 12.0. The van der Waals surface area contributed by atoms with Crippen molar-refractivity contribution in [3.63, 3.8) is 0 Å². The minimum atomic E-state index is -0.582. The number of amides is 3. The Balaban J connectivity index is 1.61. The minimum absolute atomic E-state index is 0.0991. The number of hydrogen-bond acceptors (Lipinski definition) is 4.